The number of carbonyl (C=O) groups is 4. The number of urea groups is 1. The van der Waals surface area contributed by atoms with Gasteiger partial charge in [0, 0.05) is 0 Å². The molecule has 31 heavy (non-hydrogen) atoms. The highest BCUT2D eigenvalue weighted by Gasteiger charge is 2.29. The van der Waals surface area contributed by atoms with Crippen LogP contribution < -0.4 is 10.6 Å². The van der Waals surface area contributed by atoms with Gasteiger partial charge in [-0.1, -0.05) is 47.5 Å². The molecule has 1 aliphatic heterocycles. The van der Waals surface area contributed by atoms with Gasteiger partial charge in [0.2, 0.25) is 5.91 Å². The summed E-state index contributed by atoms with van der Waals surface area (Å²) in [5.74, 6) is -1.62. The van der Waals surface area contributed by atoms with E-state index in [1.807, 2.05) is 0 Å². The first-order valence-corrected chi connectivity index (χ1v) is 10.1. The van der Waals surface area contributed by atoms with Crippen molar-refractivity contribution in [3.63, 3.8) is 0 Å². The first-order valence-electron chi connectivity index (χ1n) is 9.33. The lowest BCUT2D eigenvalue weighted by Crippen LogP contribution is -2.32. The van der Waals surface area contributed by atoms with Gasteiger partial charge < -0.3 is 15.4 Å². The number of carbonyl (C=O) groups excluding carboxylic acids is 4. The molecule has 0 unspecified atom stereocenters. The van der Waals surface area contributed by atoms with E-state index < -0.39 is 24.5 Å². The number of nitrogens with zero attached hydrogens (tertiary/aromatic N) is 1. The normalized spacial score (nSPS) is 14.2. The third kappa shape index (κ3) is 5.53. The molecular weight excluding hydrogens is 445 g/mol. The van der Waals surface area contributed by atoms with Gasteiger partial charge in [0.25, 0.3) is 5.91 Å². The smallest absolute Gasteiger partial charge is 0.338 e. The van der Waals surface area contributed by atoms with Gasteiger partial charge in [0.05, 0.1) is 34.7 Å². The van der Waals surface area contributed by atoms with Gasteiger partial charge >= 0.3 is 12.0 Å². The summed E-state index contributed by atoms with van der Waals surface area (Å²) in [6, 6.07) is 10.5. The van der Waals surface area contributed by atoms with E-state index in [-0.39, 0.29) is 30.6 Å². The van der Waals surface area contributed by atoms with Crippen molar-refractivity contribution >= 4 is 47.0 Å². The Balaban J connectivity index is 1.59. The minimum absolute atomic E-state index is 0.0729. The average molecular weight is 464 g/mol. The van der Waals surface area contributed by atoms with Crippen LogP contribution in [0.4, 0.5) is 4.79 Å². The second kappa shape index (κ2) is 9.80. The Morgan fingerprint density at radius 3 is 2.58 bits per heavy atom. The van der Waals surface area contributed by atoms with Crippen LogP contribution in [0.5, 0.6) is 0 Å². The Morgan fingerprint density at radius 2 is 1.90 bits per heavy atom. The molecule has 0 spiro atoms. The van der Waals surface area contributed by atoms with Gasteiger partial charge in [-0.15, -0.1) is 0 Å². The largest absolute Gasteiger partial charge is 0.452 e. The molecule has 4 amide bonds. The van der Waals surface area contributed by atoms with Gasteiger partial charge in [-0.25, -0.2) is 9.59 Å². The third-order valence-electron chi connectivity index (χ3n) is 4.66. The molecule has 1 atom stereocenters. The van der Waals surface area contributed by atoms with E-state index >= 15 is 0 Å². The molecule has 3 rings (SSSR count). The minimum Gasteiger partial charge on any atom is -0.452 e. The Bertz CT molecular complexity index is 1030. The zero-order valence-electron chi connectivity index (χ0n) is 16.5. The number of amides is 4. The topological polar surface area (TPSA) is 105 Å². The second-order valence-corrected chi connectivity index (χ2v) is 7.65. The Hall–Kier alpha value is -3.10. The summed E-state index contributed by atoms with van der Waals surface area (Å²) in [5, 5.41) is 5.91. The van der Waals surface area contributed by atoms with Crippen LogP contribution in [0.2, 0.25) is 10.0 Å². The fraction of sp³-hybridized carbons (Fsp3) is 0.238. The van der Waals surface area contributed by atoms with Crippen LogP contribution in [0.25, 0.3) is 0 Å². The van der Waals surface area contributed by atoms with Crippen LogP contribution in [0.1, 0.15) is 34.5 Å². The molecule has 0 aromatic heterocycles. The van der Waals surface area contributed by atoms with Gasteiger partial charge in [-0.2, -0.15) is 0 Å². The predicted octanol–water partition coefficient (Wildman–Crippen LogP) is 3.08. The number of imide groups is 1. The monoisotopic (exact) mass is 463 g/mol. The molecule has 1 fully saturated rings. The van der Waals surface area contributed by atoms with Crippen LogP contribution in [0.3, 0.4) is 0 Å². The summed E-state index contributed by atoms with van der Waals surface area (Å²) in [6.45, 7) is 1.10. The maximum Gasteiger partial charge on any atom is 0.338 e. The lowest BCUT2D eigenvalue weighted by Gasteiger charge is -2.16. The summed E-state index contributed by atoms with van der Waals surface area (Å²) in [5.41, 5.74) is 1.34. The summed E-state index contributed by atoms with van der Waals surface area (Å²) < 4.78 is 5.13. The van der Waals surface area contributed by atoms with Crippen molar-refractivity contribution in [1.82, 2.24) is 15.5 Å². The van der Waals surface area contributed by atoms with E-state index in [1.54, 1.807) is 43.3 Å². The third-order valence-corrected chi connectivity index (χ3v) is 5.40. The molecule has 1 saturated heterocycles. The van der Waals surface area contributed by atoms with Crippen LogP contribution in [0.15, 0.2) is 42.5 Å². The zero-order valence-corrected chi connectivity index (χ0v) is 18.0. The second-order valence-electron chi connectivity index (χ2n) is 6.83. The van der Waals surface area contributed by atoms with Crippen molar-refractivity contribution in [3.8, 4) is 0 Å². The standard InChI is InChI=1S/C21H19Cl2N3O5/c1-12(13-6-7-16(22)17(23)8-13)25-18(27)11-31-20(29)15-5-3-2-4-14(15)10-26-19(28)9-24-21(26)30/h2-8,12H,9-11H2,1H3,(H,24,30)(H,25,27)/t12-/m0/s1. The van der Waals surface area contributed by atoms with Crippen molar-refractivity contribution in [1.29, 1.82) is 0 Å². The molecule has 162 valence electrons. The van der Waals surface area contributed by atoms with Gasteiger partial charge in [0.1, 0.15) is 0 Å². The van der Waals surface area contributed by atoms with E-state index in [4.69, 9.17) is 27.9 Å². The number of hydrogen-bond donors (Lipinski definition) is 2. The Morgan fingerprint density at radius 1 is 1.16 bits per heavy atom. The highest BCUT2D eigenvalue weighted by molar-refractivity contribution is 6.42. The molecule has 8 nitrogen and oxygen atoms in total. The number of nitrogens with one attached hydrogen (secondary N) is 2. The SMILES string of the molecule is C[C@H](NC(=O)COC(=O)c1ccccc1CN1C(=O)CNC1=O)c1ccc(Cl)c(Cl)c1. The van der Waals surface area contributed by atoms with E-state index in [9.17, 15) is 19.2 Å². The molecule has 0 bridgehead atoms. The number of hydrogen-bond acceptors (Lipinski definition) is 5. The van der Waals surface area contributed by atoms with Crippen molar-refractivity contribution in [2.75, 3.05) is 13.2 Å². The zero-order chi connectivity index (χ0) is 22.5. The van der Waals surface area contributed by atoms with Crippen molar-refractivity contribution < 1.29 is 23.9 Å². The summed E-state index contributed by atoms with van der Waals surface area (Å²) >= 11 is 11.9. The maximum atomic E-state index is 12.5. The molecule has 2 aromatic rings. The van der Waals surface area contributed by atoms with Crippen LogP contribution in [-0.2, 0) is 20.9 Å². The quantitative estimate of drug-likeness (QED) is 0.484. The maximum absolute atomic E-state index is 12.5. The summed E-state index contributed by atoms with van der Waals surface area (Å²) in [6.07, 6.45) is 0. The highest BCUT2D eigenvalue weighted by Crippen LogP contribution is 2.25. The molecule has 1 aliphatic rings. The lowest BCUT2D eigenvalue weighted by molar-refractivity contribution is -0.125. The van der Waals surface area contributed by atoms with Crippen LogP contribution in [0, 0.1) is 0 Å². The molecular formula is C21H19Cl2N3O5. The fourth-order valence-corrected chi connectivity index (χ4v) is 3.31. The Labute approximate surface area is 188 Å². The van der Waals surface area contributed by atoms with Gasteiger partial charge in [-0.3, -0.25) is 14.5 Å². The number of esters is 1. The highest BCUT2D eigenvalue weighted by atomic mass is 35.5. The molecule has 2 N–H and O–H groups in total. The fourth-order valence-electron chi connectivity index (χ4n) is 3.00. The molecule has 0 radical (unpaired) electrons. The van der Waals surface area contributed by atoms with E-state index in [1.165, 1.54) is 6.07 Å². The molecule has 1 heterocycles. The average Bonchev–Trinajstić information content (AvgIpc) is 3.06. The first-order chi connectivity index (χ1) is 14.8. The lowest BCUT2D eigenvalue weighted by atomic mass is 10.1. The minimum atomic E-state index is -0.736. The number of ether oxygens (including phenoxy) is 1. The van der Waals surface area contributed by atoms with E-state index in [0.717, 1.165) is 10.5 Å². The van der Waals surface area contributed by atoms with Crippen molar-refractivity contribution in [2.45, 2.75) is 19.5 Å². The summed E-state index contributed by atoms with van der Waals surface area (Å²) in [4.78, 5) is 49.3. The van der Waals surface area contributed by atoms with Crippen molar-refractivity contribution in [3.05, 3.63) is 69.2 Å². The Kier molecular flexibility index (Phi) is 7.14. The van der Waals surface area contributed by atoms with Gasteiger partial charge in [0.15, 0.2) is 6.61 Å². The molecule has 10 heteroatoms. The first kappa shape index (κ1) is 22.6. The van der Waals surface area contributed by atoms with E-state index in [0.29, 0.717) is 15.6 Å². The van der Waals surface area contributed by atoms with Crippen LogP contribution >= 0.6 is 23.2 Å². The van der Waals surface area contributed by atoms with Gasteiger partial charge in [-0.05, 0) is 36.2 Å². The van der Waals surface area contributed by atoms with Crippen LogP contribution in [-0.4, -0.2) is 41.9 Å². The molecule has 0 saturated carbocycles. The van der Waals surface area contributed by atoms with E-state index in [2.05, 4.69) is 10.6 Å². The number of rotatable bonds is 7. The summed E-state index contributed by atoms with van der Waals surface area (Å²) in [7, 11) is 0. The predicted molar refractivity (Wildman–Crippen MR) is 114 cm³/mol. The number of halogens is 2. The number of benzene rings is 2. The molecule has 2 aromatic carbocycles. The van der Waals surface area contributed by atoms with Crippen molar-refractivity contribution in [2.24, 2.45) is 0 Å². The molecule has 0 aliphatic carbocycles.